The fourth-order valence-corrected chi connectivity index (χ4v) is 2.88. The Kier molecular flexibility index (Phi) is 5.98. The lowest BCUT2D eigenvalue weighted by atomic mass is 9.92. The Hall–Kier alpha value is -2.77. The summed E-state index contributed by atoms with van der Waals surface area (Å²) in [6.45, 7) is 6.65. The summed E-state index contributed by atoms with van der Waals surface area (Å²) in [5, 5.41) is 21.7. The molecular weight excluding hydrogens is 354 g/mol. The van der Waals surface area contributed by atoms with Crippen LogP contribution >= 0.6 is 0 Å². The molecule has 2 atom stereocenters. The molecule has 0 saturated heterocycles. The van der Waals surface area contributed by atoms with Crippen LogP contribution in [-0.4, -0.2) is 46.1 Å². The second-order valence-electron chi connectivity index (χ2n) is 7.33. The number of carbonyl (C=O) groups excluding carboxylic acids is 2. The van der Waals surface area contributed by atoms with E-state index in [4.69, 9.17) is 9.47 Å². The van der Waals surface area contributed by atoms with E-state index in [9.17, 15) is 24.6 Å². The monoisotopic (exact) mass is 379 g/mol. The van der Waals surface area contributed by atoms with E-state index in [1.54, 1.807) is 20.8 Å². The number of amides is 1. The smallest absolute Gasteiger partial charge is 0.326 e. The number of ketones is 1. The zero-order valence-corrected chi connectivity index (χ0v) is 15.9. The molecule has 148 valence electrons. The molecule has 0 fully saturated rings. The van der Waals surface area contributed by atoms with Crippen molar-refractivity contribution in [3.8, 4) is 17.2 Å². The average molecular weight is 379 g/mol. The van der Waals surface area contributed by atoms with Gasteiger partial charge in [0.1, 0.15) is 34.5 Å². The maximum atomic E-state index is 12.2. The summed E-state index contributed by atoms with van der Waals surface area (Å²) < 4.78 is 11.1. The van der Waals surface area contributed by atoms with Gasteiger partial charge in [-0.2, -0.15) is 0 Å². The molecule has 0 bridgehead atoms. The molecule has 1 aromatic rings. The first kappa shape index (κ1) is 20.5. The third kappa shape index (κ3) is 4.90. The van der Waals surface area contributed by atoms with Crippen molar-refractivity contribution in [2.75, 3.05) is 6.61 Å². The number of aliphatic carboxylic acids is 1. The van der Waals surface area contributed by atoms with Crippen molar-refractivity contribution in [3.05, 3.63) is 17.7 Å². The lowest BCUT2D eigenvalue weighted by molar-refractivity contribution is -0.143. The van der Waals surface area contributed by atoms with Gasteiger partial charge in [-0.05, 0) is 19.8 Å². The van der Waals surface area contributed by atoms with E-state index in [0.717, 1.165) is 0 Å². The molecule has 1 aliphatic rings. The van der Waals surface area contributed by atoms with Gasteiger partial charge in [-0.3, -0.25) is 9.59 Å². The zero-order valence-electron chi connectivity index (χ0n) is 15.9. The van der Waals surface area contributed by atoms with E-state index in [2.05, 4.69) is 5.32 Å². The van der Waals surface area contributed by atoms with Gasteiger partial charge in [-0.25, -0.2) is 4.79 Å². The average Bonchev–Trinajstić information content (AvgIpc) is 2.54. The highest BCUT2D eigenvalue weighted by atomic mass is 16.5. The SMILES string of the molecule is CC[C@H](C)[C@H](NC(=O)COc1cc(O)c2c(c1)OC(C)(C)CC2=O)C(=O)O. The number of aromatic hydroxyl groups is 1. The maximum Gasteiger partial charge on any atom is 0.326 e. The topological polar surface area (TPSA) is 122 Å². The number of nitrogens with one attached hydrogen (secondary N) is 1. The van der Waals surface area contributed by atoms with Crippen molar-refractivity contribution < 1.29 is 34.1 Å². The van der Waals surface area contributed by atoms with Gasteiger partial charge in [-0.15, -0.1) is 0 Å². The Balaban J connectivity index is 2.08. The lowest BCUT2D eigenvalue weighted by Crippen LogP contribution is -2.46. The zero-order chi connectivity index (χ0) is 20.4. The molecule has 1 heterocycles. The Morgan fingerprint density at radius 2 is 2.04 bits per heavy atom. The molecule has 0 radical (unpaired) electrons. The summed E-state index contributed by atoms with van der Waals surface area (Å²) >= 11 is 0. The van der Waals surface area contributed by atoms with Crippen LogP contribution in [-0.2, 0) is 9.59 Å². The van der Waals surface area contributed by atoms with Crippen LogP contribution < -0.4 is 14.8 Å². The Labute approximate surface area is 157 Å². The largest absolute Gasteiger partial charge is 0.507 e. The highest BCUT2D eigenvalue weighted by molar-refractivity contribution is 6.03. The Morgan fingerprint density at radius 1 is 1.37 bits per heavy atom. The fraction of sp³-hybridized carbons (Fsp3) is 0.526. The number of carbonyl (C=O) groups is 3. The number of phenols is 1. The molecule has 8 heteroatoms. The van der Waals surface area contributed by atoms with E-state index < -0.39 is 30.1 Å². The van der Waals surface area contributed by atoms with E-state index in [-0.39, 0.29) is 40.9 Å². The molecular formula is C19H25NO7. The van der Waals surface area contributed by atoms with Gasteiger partial charge in [-0.1, -0.05) is 20.3 Å². The van der Waals surface area contributed by atoms with Crippen LogP contribution in [0.25, 0.3) is 0 Å². The van der Waals surface area contributed by atoms with E-state index in [1.807, 2.05) is 6.92 Å². The number of benzene rings is 1. The van der Waals surface area contributed by atoms with E-state index in [1.165, 1.54) is 12.1 Å². The van der Waals surface area contributed by atoms with Gasteiger partial charge < -0.3 is 25.0 Å². The van der Waals surface area contributed by atoms with Crippen molar-refractivity contribution in [1.29, 1.82) is 0 Å². The third-order valence-corrected chi connectivity index (χ3v) is 4.47. The second-order valence-corrected chi connectivity index (χ2v) is 7.33. The van der Waals surface area contributed by atoms with E-state index >= 15 is 0 Å². The number of fused-ring (bicyclic) bond motifs is 1. The number of ether oxygens (including phenoxy) is 2. The van der Waals surface area contributed by atoms with Crippen LogP contribution in [0.1, 0.15) is 50.9 Å². The predicted octanol–water partition coefficient (Wildman–Crippen LogP) is 2.13. The van der Waals surface area contributed by atoms with Crippen molar-refractivity contribution in [2.24, 2.45) is 5.92 Å². The van der Waals surface area contributed by atoms with Crippen molar-refractivity contribution in [3.63, 3.8) is 0 Å². The highest BCUT2D eigenvalue weighted by Crippen LogP contribution is 2.40. The lowest BCUT2D eigenvalue weighted by Gasteiger charge is -2.32. The number of phenolic OH excluding ortho intramolecular Hbond substituents is 1. The normalized spacial score (nSPS) is 17.3. The van der Waals surface area contributed by atoms with Gasteiger partial charge in [0.05, 0.1) is 6.42 Å². The first-order valence-corrected chi connectivity index (χ1v) is 8.78. The minimum Gasteiger partial charge on any atom is -0.507 e. The second kappa shape index (κ2) is 7.85. The molecule has 8 nitrogen and oxygen atoms in total. The molecule has 1 aromatic carbocycles. The first-order valence-electron chi connectivity index (χ1n) is 8.78. The van der Waals surface area contributed by atoms with Gasteiger partial charge in [0, 0.05) is 12.1 Å². The molecule has 0 unspecified atom stereocenters. The molecule has 2 rings (SSSR count). The minimum absolute atomic E-state index is 0.0915. The van der Waals surface area contributed by atoms with Crippen molar-refractivity contribution >= 4 is 17.7 Å². The molecule has 0 spiro atoms. The minimum atomic E-state index is -1.11. The number of Topliss-reactive ketones (excluding diaryl/α,β-unsaturated/α-hetero) is 1. The molecule has 0 aromatic heterocycles. The summed E-state index contributed by atoms with van der Waals surface area (Å²) in [4.78, 5) is 35.5. The Bertz CT molecular complexity index is 757. The number of carboxylic acids is 1. The first-order chi connectivity index (χ1) is 12.5. The standard InChI is InChI=1S/C19H25NO7/c1-5-10(2)17(18(24)25)20-15(23)9-26-11-6-12(21)16-13(22)8-19(3,4)27-14(16)7-11/h6-7,10,17,21H,5,8-9H2,1-4H3,(H,20,23)(H,24,25)/t10-,17-/m0/s1. The van der Waals surface area contributed by atoms with Crippen LogP contribution in [0.2, 0.25) is 0 Å². The fourth-order valence-electron chi connectivity index (χ4n) is 2.88. The summed E-state index contributed by atoms with van der Waals surface area (Å²) in [6, 6.07) is 1.66. The number of carboxylic acid groups (broad SMARTS) is 1. The quantitative estimate of drug-likeness (QED) is 0.663. The van der Waals surface area contributed by atoms with Crippen LogP contribution in [0.5, 0.6) is 17.2 Å². The van der Waals surface area contributed by atoms with E-state index in [0.29, 0.717) is 6.42 Å². The molecule has 0 aliphatic carbocycles. The number of hydrogen-bond donors (Lipinski definition) is 3. The summed E-state index contributed by atoms with van der Waals surface area (Å²) in [5.41, 5.74) is -0.619. The van der Waals surface area contributed by atoms with Crippen LogP contribution in [0.3, 0.4) is 0 Å². The number of hydrogen-bond acceptors (Lipinski definition) is 6. The van der Waals surface area contributed by atoms with Crippen LogP contribution in [0, 0.1) is 5.92 Å². The molecule has 3 N–H and O–H groups in total. The molecule has 1 aliphatic heterocycles. The predicted molar refractivity (Wildman–Crippen MR) is 96.3 cm³/mol. The molecule has 27 heavy (non-hydrogen) atoms. The van der Waals surface area contributed by atoms with Crippen molar-refractivity contribution in [2.45, 2.75) is 52.2 Å². The molecule has 1 amide bonds. The number of rotatable bonds is 7. The summed E-state index contributed by atoms with van der Waals surface area (Å²) in [5.74, 6) is -2.14. The maximum absolute atomic E-state index is 12.2. The van der Waals surface area contributed by atoms with Crippen molar-refractivity contribution in [1.82, 2.24) is 5.32 Å². The van der Waals surface area contributed by atoms with Gasteiger partial charge in [0.2, 0.25) is 0 Å². The van der Waals surface area contributed by atoms with Crippen LogP contribution in [0.15, 0.2) is 12.1 Å². The molecule has 0 saturated carbocycles. The van der Waals surface area contributed by atoms with Gasteiger partial charge in [0.15, 0.2) is 12.4 Å². The summed E-state index contributed by atoms with van der Waals surface area (Å²) in [7, 11) is 0. The highest BCUT2D eigenvalue weighted by Gasteiger charge is 2.35. The Morgan fingerprint density at radius 3 is 2.63 bits per heavy atom. The van der Waals surface area contributed by atoms with Gasteiger partial charge in [0.25, 0.3) is 5.91 Å². The van der Waals surface area contributed by atoms with Gasteiger partial charge >= 0.3 is 5.97 Å². The third-order valence-electron chi connectivity index (χ3n) is 4.47. The summed E-state index contributed by atoms with van der Waals surface area (Å²) in [6.07, 6.45) is 0.736. The van der Waals surface area contributed by atoms with Crippen LogP contribution in [0.4, 0.5) is 0 Å².